The Kier molecular flexibility index (Phi) is 4.00. The minimum absolute atomic E-state index is 0.169. The first-order valence-electron chi connectivity index (χ1n) is 5.60. The van der Waals surface area contributed by atoms with E-state index in [2.05, 4.69) is 10.2 Å². The summed E-state index contributed by atoms with van der Waals surface area (Å²) < 4.78 is 1.81. The zero-order valence-corrected chi connectivity index (χ0v) is 11.0. The summed E-state index contributed by atoms with van der Waals surface area (Å²) in [6.45, 7) is 0.169. The van der Waals surface area contributed by atoms with Gasteiger partial charge in [0.15, 0.2) is 5.16 Å². The Balaban J connectivity index is 2.12. The Morgan fingerprint density at radius 3 is 2.67 bits per heavy atom. The maximum atomic E-state index is 10.6. The summed E-state index contributed by atoms with van der Waals surface area (Å²) in [5.41, 5.74) is 5.49. The van der Waals surface area contributed by atoms with Gasteiger partial charge in [0.2, 0.25) is 0 Å². The monoisotopic (exact) mass is 264 g/mol. The van der Waals surface area contributed by atoms with Gasteiger partial charge in [0.1, 0.15) is 11.9 Å². The van der Waals surface area contributed by atoms with Crippen LogP contribution in [0.4, 0.5) is 0 Å². The molecule has 0 saturated heterocycles. The van der Waals surface area contributed by atoms with Gasteiger partial charge in [-0.05, 0) is 5.56 Å². The van der Waals surface area contributed by atoms with Crippen LogP contribution in [-0.4, -0.2) is 32.2 Å². The average molecular weight is 264 g/mol. The van der Waals surface area contributed by atoms with Gasteiger partial charge in [-0.2, -0.15) is 0 Å². The van der Waals surface area contributed by atoms with Crippen LogP contribution >= 0.6 is 11.8 Å². The number of rotatable bonds is 5. The molecule has 0 saturated carbocycles. The SMILES string of the molecule is Cn1cnnc1SCC(O)(CN)c1ccccc1. The molecule has 2 aromatic rings. The van der Waals surface area contributed by atoms with Crippen molar-refractivity contribution in [3.8, 4) is 0 Å². The molecule has 96 valence electrons. The van der Waals surface area contributed by atoms with Crippen molar-refractivity contribution in [1.29, 1.82) is 0 Å². The first-order valence-corrected chi connectivity index (χ1v) is 6.59. The second-order valence-corrected chi connectivity index (χ2v) is 5.06. The lowest BCUT2D eigenvalue weighted by molar-refractivity contribution is 0.0720. The third kappa shape index (κ3) is 2.72. The molecule has 1 aromatic carbocycles. The molecular weight excluding hydrogens is 248 g/mol. The molecule has 0 aliphatic heterocycles. The fourth-order valence-corrected chi connectivity index (χ4v) is 2.60. The maximum absolute atomic E-state index is 10.6. The summed E-state index contributed by atoms with van der Waals surface area (Å²) in [4.78, 5) is 0. The highest BCUT2D eigenvalue weighted by Crippen LogP contribution is 2.27. The van der Waals surface area contributed by atoms with Crippen molar-refractivity contribution in [2.75, 3.05) is 12.3 Å². The van der Waals surface area contributed by atoms with Crippen LogP contribution in [-0.2, 0) is 12.6 Å². The molecule has 1 heterocycles. The number of aromatic nitrogens is 3. The van der Waals surface area contributed by atoms with Crippen molar-refractivity contribution >= 4 is 11.8 Å². The Labute approximate surface area is 110 Å². The van der Waals surface area contributed by atoms with E-state index in [-0.39, 0.29) is 6.54 Å². The molecular formula is C12H16N4OS. The highest BCUT2D eigenvalue weighted by Gasteiger charge is 2.28. The van der Waals surface area contributed by atoms with E-state index < -0.39 is 5.60 Å². The van der Waals surface area contributed by atoms with Gasteiger partial charge in [0.25, 0.3) is 0 Å². The van der Waals surface area contributed by atoms with Crippen molar-refractivity contribution in [3.05, 3.63) is 42.2 Å². The number of aliphatic hydroxyl groups is 1. The molecule has 2 rings (SSSR count). The van der Waals surface area contributed by atoms with Crippen LogP contribution in [0.25, 0.3) is 0 Å². The molecule has 0 spiro atoms. The van der Waals surface area contributed by atoms with Crippen LogP contribution in [0.1, 0.15) is 5.56 Å². The van der Waals surface area contributed by atoms with Gasteiger partial charge < -0.3 is 15.4 Å². The minimum Gasteiger partial charge on any atom is -0.383 e. The molecule has 0 radical (unpaired) electrons. The van der Waals surface area contributed by atoms with Crippen LogP contribution in [0, 0.1) is 0 Å². The Morgan fingerprint density at radius 2 is 2.11 bits per heavy atom. The van der Waals surface area contributed by atoms with Gasteiger partial charge in [-0.3, -0.25) is 0 Å². The van der Waals surface area contributed by atoms with Gasteiger partial charge >= 0.3 is 0 Å². The molecule has 1 atom stereocenters. The highest BCUT2D eigenvalue weighted by molar-refractivity contribution is 7.99. The molecule has 1 unspecified atom stereocenters. The van der Waals surface area contributed by atoms with E-state index in [9.17, 15) is 5.11 Å². The number of aryl methyl sites for hydroxylation is 1. The smallest absolute Gasteiger partial charge is 0.190 e. The quantitative estimate of drug-likeness (QED) is 0.779. The van der Waals surface area contributed by atoms with Crippen LogP contribution in [0.5, 0.6) is 0 Å². The van der Waals surface area contributed by atoms with E-state index in [1.165, 1.54) is 11.8 Å². The molecule has 1 aromatic heterocycles. The third-order valence-electron chi connectivity index (χ3n) is 2.76. The van der Waals surface area contributed by atoms with Crippen LogP contribution in [0.3, 0.4) is 0 Å². The van der Waals surface area contributed by atoms with E-state index in [0.29, 0.717) is 5.75 Å². The van der Waals surface area contributed by atoms with E-state index in [1.807, 2.05) is 41.9 Å². The number of hydrogen-bond donors (Lipinski definition) is 2. The summed E-state index contributed by atoms with van der Waals surface area (Å²) in [5, 5.41) is 19.1. The fourth-order valence-electron chi connectivity index (χ4n) is 1.60. The minimum atomic E-state index is -1.04. The molecule has 6 heteroatoms. The van der Waals surface area contributed by atoms with Gasteiger partial charge in [0, 0.05) is 19.3 Å². The van der Waals surface area contributed by atoms with E-state index in [0.717, 1.165) is 10.7 Å². The predicted octanol–water partition coefficient (Wildman–Crippen LogP) is 0.754. The summed E-state index contributed by atoms with van der Waals surface area (Å²) >= 11 is 1.44. The normalized spacial score (nSPS) is 14.4. The van der Waals surface area contributed by atoms with Gasteiger partial charge in [-0.25, -0.2) is 0 Å². The fraction of sp³-hybridized carbons (Fsp3) is 0.333. The molecule has 0 aliphatic rings. The zero-order chi connectivity index (χ0) is 13.0. The van der Waals surface area contributed by atoms with Crippen molar-refractivity contribution in [2.24, 2.45) is 12.8 Å². The number of hydrogen-bond acceptors (Lipinski definition) is 5. The largest absolute Gasteiger partial charge is 0.383 e. The first kappa shape index (κ1) is 13.1. The molecule has 0 aliphatic carbocycles. The Morgan fingerprint density at radius 1 is 1.39 bits per heavy atom. The summed E-state index contributed by atoms with van der Waals surface area (Å²) in [6.07, 6.45) is 1.63. The van der Waals surface area contributed by atoms with Crippen LogP contribution in [0.15, 0.2) is 41.8 Å². The van der Waals surface area contributed by atoms with Crippen LogP contribution < -0.4 is 5.73 Å². The van der Waals surface area contributed by atoms with Crippen LogP contribution in [0.2, 0.25) is 0 Å². The Bertz CT molecular complexity index is 502. The van der Waals surface area contributed by atoms with Gasteiger partial charge in [-0.1, -0.05) is 42.1 Å². The lowest BCUT2D eigenvalue weighted by Crippen LogP contribution is -2.37. The second-order valence-electron chi connectivity index (χ2n) is 4.11. The topological polar surface area (TPSA) is 77.0 Å². The average Bonchev–Trinajstić information content (AvgIpc) is 2.83. The summed E-state index contributed by atoms with van der Waals surface area (Å²) in [6, 6.07) is 9.45. The third-order valence-corrected chi connectivity index (χ3v) is 4.01. The van der Waals surface area contributed by atoms with E-state index >= 15 is 0 Å². The van der Waals surface area contributed by atoms with Gasteiger partial charge in [0.05, 0.1) is 0 Å². The summed E-state index contributed by atoms with van der Waals surface area (Å²) in [5.74, 6) is 0.444. The number of thioether (sulfide) groups is 1. The number of nitrogens with two attached hydrogens (primary N) is 1. The van der Waals surface area contributed by atoms with Crippen molar-refractivity contribution in [1.82, 2.24) is 14.8 Å². The molecule has 0 amide bonds. The second kappa shape index (κ2) is 5.51. The van der Waals surface area contributed by atoms with Crippen molar-refractivity contribution < 1.29 is 5.11 Å². The van der Waals surface area contributed by atoms with E-state index in [1.54, 1.807) is 6.33 Å². The van der Waals surface area contributed by atoms with Crippen molar-refractivity contribution in [2.45, 2.75) is 10.8 Å². The highest BCUT2D eigenvalue weighted by atomic mass is 32.2. The molecule has 0 bridgehead atoms. The number of benzene rings is 1. The lowest BCUT2D eigenvalue weighted by atomic mass is 9.96. The summed E-state index contributed by atoms with van der Waals surface area (Å²) in [7, 11) is 1.87. The molecule has 18 heavy (non-hydrogen) atoms. The first-order chi connectivity index (χ1) is 8.65. The number of nitrogens with zero attached hydrogens (tertiary/aromatic N) is 3. The maximum Gasteiger partial charge on any atom is 0.190 e. The molecule has 3 N–H and O–H groups in total. The van der Waals surface area contributed by atoms with E-state index in [4.69, 9.17) is 5.73 Å². The van der Waals surface area contributed by atoms with Crippen molar-refractivity contribution in [3.63, 3.8) is 0 Å². The lowest BCUT2D eigenvalue weighted by Gasteiger charge is -2.26. The molecule has 5 nitrogen and oxygen atoms in total. The Hall–Kier alpha value is -1.37. The van der Waals surface area contributed by atoms with Gasteiger partial charge in [-0.15, -0.1) is 10.2 Å². The molecule has 0 fully saturated rings. The standard InChI is InChI=1S/C12H16N4OS/c1-16-9-14-15-11(16)18-8-12(17,7-13)10-5-3-2-4-6-10/h2-6,9,17H,7-8,13H2,1H3. The predicted molar refractivity (Wildman–Crippen MR) is 71.1 cm³/mol. The zero-order valence-electron chi connectivity index (χ0n) is 10.2.